The van der Waals surface area contributed by atoms with Gasteiger partial charge < -0.3 is 0 Å². The maximum atomic E-state index is 11.8. The molecule has 1 heterocycles. The van der Waals surface area contributed by atoms with E-state index in [0.717, 1.165) is 5.56 Å². The van der Waals surface area contributed by atoms with Gasteiger partial charge in [0.15, 0.2) is 0 Å². The van der Waals surface area contributed by atoms with Crippen LogP contribution in [0.1, 0.15) is 5.56 Å². The van der Waals surface area contributed by atoms with Gasteiger partial charge in [0, 0.05) is 0 Å². The molecule has 0 amide bonds. The van der Waals surface area contributed by atoms with Crippen LogP contribution in [-0.4, -0.2) is 38.1 Å². The third-order valence-electron chi connectivity index (χ3n) is 2.63. The van der Waals surface area contributed by atoms with Crippen molar-refractivity contribution in [2.24, 2.45) is 0 Å². The van der Waals surface area contributed by atoms with Crippen molar-refractivity contribution in [1.82, 2.24) is 3.71 Å². The van der Waals surface area contributed by atoms with Crippen molar-refractivity contribution in [2.75, 3.05) is 17.5 Å². The van der Waals surface area contributed by atoms with E-state index in [1.807, 2.05) is 30.3 Å². The van der Waals surface area contributed by atoms with E-state index in [0.29, 0.717) is 9.28 Å². The minimum Gasteiger partial charge on any atom is -0.211 e. The van der Waals surface area contributed by atoms with Gasteiger partial charge in [-0.05, 0) is 11.1 Å². The zero-order valence-electron chi connectivity index (χ0n) is 9.86. The first-order valence-corrected chi connectivity index (χ1v) is 9.14. The third-order valence-corrected chi connectivity index (χ3v) is 7.33. The number of hydrogen-bond acceptors (Lipinski definition) is 4. The number of alkyl halides is 1. The predicted molar refractivity (Wildman–Crippen MR) is 74.6 cm³/mol. The van der Waals surface area contributed by atoms with Gasteiger partial charge in [-0.25, -0.2) is 16.8 Å². The van der Waals surface area contributed by atoms with Crippen molar-refractivity contribution in [1.29, 1.82) is 0 Å². The second-order valence-corrected chi connectivity index (χ2v) is 8.72. The lowest BCUT2D eigenvalue weighted by atomic mass is 10.1. The molecular weight excluding hydrogens is 310 g/mol. The van der Waals surface area contributed by atoms with Crippen molar-refractivity contribution in [3.05, 3.63) is 41.5 Å². The van der Waals surface area contributed by atoms with Crippen LogP contribution in [0.5, 0.6) is 0 Å². The second-order valence-electron chi connectivity index (χ2n) is 4.12. The fraction of sp³-hybridized carbons (Fsp3) is 0.273. The van der Waals surface area contributed by atoms with Crippen LogP contribution < -0.4 is 0 Å². The van der Waals surface area contributed by atoms with Gasteiger partial charge in [0.25, 0.3) is 0 Å². The van der Waals surface area contributed by atoms with Crippen LogP contribution in [0, 0.1) is 0 Å². The maximum absolute atomic E-state index is 11.8. The summed E-state index contributed by atoms with van der Waals surface area (Å²) < 4.78 is 47.3. The molecule has 0 atom stereocenters. The van der Waals surface area contributed by atoms with Crippen LogP contribution in [0.2, 0.25) is 0 Å². The van der Waals surface area contributed by atoms with Crippen molar-refractivity contribution in [3.63, 3.8) is 0 Å². The Morgan fingerprint density at radius 1 is 1.26 bits per heavy atom. The lowest BCUT2D eigenvalue weighted by Crippen LogP contribution is -2.33. The first-order valence-electron chi connectivity index (χ1n) is 5.39. The molecule has 0 spiro atoms. The van der Waals surface area contributed by atoms with Gasteiger partial charge in [0.05, 0.1) is 12.3 Å². The van der Waals surface area contributed by atoms with E-state index < -0.39 is 25.3 Å². The van der Waals surface area contributed by atoms with Crippen molar-refractivity contribution < 1.29 is 16.8 Å². The Balaban J connectivity index is 2.34. The van der Waals surface area contributed by atoms with Gasteiger partial charge in [-0.15, -0.1) is 11.6 Å². The van der Waals surface area contributed by atoms with Crippen LogP contribution in [0.4, 0.5) is 0 Å². The highest BCUT2D eigenvalue weighted by molar-refractivity contribution is 8.04. The van der Waals surface area contributed by atoms with Crippen molar-refractivity contribution in [2.45, 2.75) is 0 Å². The minimum absolute atomic E-state index is 0.160. The third kappa shape index (κ3) is 3.17. The molecule has 0 saturated carbocycles. The minimum atomic E-state index is -3.96. The van der Waals surface area contributed by atoms with Crippen LogP contribution in [0.3, 0.4) is 0 Å². The summed E-state index contributed by atoms with van der Waals surface area (Å²) >= 11 is 5.29. The zero-order valence-corrected chi connectivity index (χ0v) is 12.2. The number of halogens is 1. The average Bonchev–Trinajstić information content (AvgIpc) is 2.66. The van der Waals surface area contributed by atoms with Crippen molar-refractivity contribution in [3.8, 4) is 0 Å². The number of sulfonamides is 2. The van der Waals surface area contributed by atoms with E-state index in [1.165, 1.54) is 0 Å². The van der Waals surface area contributed by atoms with Crippen molar-refractivity contribution >= 4 is 37.7 Å². The van der Waals surface area contributed by atoms with E-state index in [9.17, 15) is 16.8 Å². The molecule has 2 rings (SSSR count). The highest BCUT2D eigenvalue weighted by Crippen LogP contribution is 2.24. The number of nitrogens with zero attached hydrogens (tertiary/aromatic N) is 1. The topological polar surface area (TPSA) is 71.5 Å². The average molecular weight is 322 g/mol. The summed E-state index contributed by atoms with van der Waals surface area (Å²) in [4.78, 5) is 0. The van der Waals surface area contributed by atoms with Gasteiger partial charge in [-0.3, -0.25) is 0 Å². The first kappa shape index (κ1) is 14.5. The molecule has 0 unspecified atom stereocenters. The van der Waals surface area contributed by atoms with Gasteiger partial charge in [0.1, 0.15) is 5.21 Å². The molecule has 0 radical (unpaired) electrons. The summed E-state index contributed by atoms with van der Waals surface area (Å²) in [7, 11) is -7.79. The highest BCUT2D eigenvalue weighted by Gasteiger charge is 2.40. The summed E-state index contributed by atoms with van der Waals surface area (Å²) in [6, 6.07) is 9.13. The molecule has 19 heavy (non-hydrogen) atoms. The SMILES string of the molecule is O=S(=O)(CCl)N1C/C(=C/c2ccccc2)CS1(=O)=O. The molecule has 8 heteroatoms. The maximum Gasteiger partial charge on any atom is 0.241 e. The molecule has 1 aliphatic rings. The molecular formula is C11H12ClNO4S2. The second kappa shape index (κ2) is 5.24. The van der Waals surface area contributed by atoms with Crippen LogP contribution in [0.15, 0.2) is 35.9 Å². The lowest BCUT2D eigenvalue weighted by molar-refractivity contribution is 0.528. The molecule has 1 aliphatic heterocycles. The molecule has 0 N–H and O–H groups in total. The molecule has 0 aliphatic carbocycles. The van der Waals surface area contributed by atoms with E-state index in [1.54, 1.807) is 6.08 Å². The summed E-state index contributed by atoms with van der Waals surface area (Å²) in [5.41, 5.74) is 1.36. The van der Waals surface area contributed by atoms with E-state index in [4.69, 9.17) is 11.6 Å². The van der Waals surface area contributed by atoms with Gasteiger partial charge in [0.2, 0.25) is 20.0 Å². The Labute approximate surface area is 117 Å². The number of benzene rings is 1. The highest BCUT2D eigenvalue weighted by atomic mass is 35.5. The van der Waals surface area contributed by atoms with Gasteiger partial charge >= 0.3 is 0 Å². The van der Waals surface area contributed by atoms with Crippen LogP contribution >= 0.6 is 11.6 Å². The summed E-state index contributed by atoms with van der Waals surface area (Å²) in [5.74, 6) is -0.294. The Bertz CT molecular complexity index is 695. The zero-order chi connectivity index (χ0) is 14.1. The molecule has 1 aromatic carbocycles. The molecule has 104 valence electrons. The number of rotatable bonds is 3. The van der Waals surface area contributed by atoms with E-state index in [2.05, 4.69) is 0 Å². The standard InChI is InChI=1S/C11H12ClNO4S2/c12-9-19(16,17)13-7-11(8-18(13,14)15)6-10-4-2-1-3-5-10/h1-6H,7-9H2/b11-6-. The molecule has 1 fully saturated rings. The summed E-state index contributed by atoms with van der Waals surface area (Å²) in [5, 5.41) is -0.745. The Hall–Kier alpha value is -0.890. The predicted octanol–water partition coefficient (Wildman–Crippen LogP) is 1.24. The van der Waals surface area contributed by atoms with Gasteiger partial charge in [-0.1, -0.05) is 40.1 Å². The molecule has 1 aromatic rings. The summed E-state index contributed by atoms with van der Waals surface area (Å²) in [6.45, 7) is -0.160. The monoisotopic (exact) mass is 321 g/mol. The van der Waals surface area contributed by atoms with Gasteiger partial charge in [-0.2, -0.15) is 0 Å². The number of hydrogen-bond donors (Lipinski definition) is 0. The first-order chi connectivity index (χ1) is 8.85. The van der Waals surface area contributed by atoms with E-state index in [-0.39, 0.29) is 12.3 Å². The molecule has 1 saturated heterocycles. The fourth-order valence-corrected chi connectivity index (χ4v) is 5.66. The van der Waals surface area contributed by atoms with Crippen LogP contribution in [-0.2, 0) is 20.0 Å². The van der Waals surface area contributed by atoms with E-state index >= 15 is 0 Å². The molecule has 0 aromatic heterocycles. The quantitative estimate of drug-likeness (QED) is 0.785. The normalized spacial score (nSPS) is 21.8. The Kier molecular flexibility index (Phi) is 4.00. The summed E-state index contributed by atoms with van der Waals surface area (Å²) in [6.07, 6.45) is 1.68. The molecule has 0 bridgehead atoms. The Morgan fingerprint density at radius 2 is 1.89 bits per heavy atom. The largest absolute Gasteiger partial charge is 0.241 e. The fourth-order valence-electron chi connectivity index (χ4n) is 1.81. The lowest BCUT2D eigenvalue weighted by Gasteiger charge is -2.11. The smallest absolute Gasteiger partial charge is 0.211 e. The van der Waals surface area contributed by atoms with Crippen LogP contribution in [0.25, 0.3) is 6.08 Å². The Morgan fingerprint density at radius 3 is 2.47 bits per heavy atom. The molecule has 5 nitrogen and oxygen atoms in total.